The number of hydrogen-bond donors (Lipinski definition) is 0. The Bertz CT molecular complexity index is 693. The highest BCUT2D eigenvalue weighted by Crippen LogP contribution is 2.44. The third kappa shape index (κ3) is 7.04. The molecular formula is C26H39ClO6. The van der Waals surface area contributed by atoms with Gasteiger partial charge < -0.3 is 23.7 Å². The zero-order valence-electron chi connectivity index (χ0n) is 20.0. The summed E-state index contributed by atoms with van der Waals surface area (Å²) in [4.78, 5) is 12.0. The van der Waals surface area contributed by atoms with Crippen molar-refractivity contribution in [1.82, 2.24) is 0 Å². The lowest BCUT2D eigenvalue weighted by Crippen LogP contribution is -2.32. The molecule has 8 atom stereocenters. The van der Waals surface area contributed by atoms with E-state index in [2.05, 4.69) is 19.1 Å². The molecule has 3 saturated heterocycles. The van der Waals surface area contributed by atoms with Crippen LogP contribution in [0.4, 0.5) is 0 Å². The van der Waals surface area contributed by atoms with E-state index in [0.29, 0.717) is 6.42 Å². The van der Waals surface area contributed by atoms with Gasteiger partial charge in [0.15, 0.2) is 12.6 Å². The first kappa shape index (κ1) is 25.2. The first-order valence-corrected chi connectivity index (χ1v) is 13.1. The molecule has 0 aromatic heterocycles. The van der Waals surface area contributed by atoms with Crippen molar-refractivity contribution in [3.8, 4) is 0 Å². The van der Waals surface area contributed by atoms with E-state index < -0.39 is 0 Å². The van der Waals surface area contributed by atoms with Crippen LogP contribution in [0.15, 0.2) is 23.3 Å². The third-order valence-electron chi connectivity index (χ3n) is 7.32. The highest BCUT2D eigenvalue weighted by molar-refractivity contribution is 6.29. The van der Waals surface area contributed by atoms with Crippen molar-refractivity contribution in [2.75, 3.05) is 13.2 Å². The lowest BCUT2D eigenvalue weighted by atomic mass is 9.90. The summed E-state index contributed by atoms with van der Waals surface area (Å²) in [6.07, 6.45) is 14.2. The fraction of sp³-hybridized carbons (Fsp3) is 0.808. The molecule has 0 amide bonds. The van der Waals surface area contributed by atoms with Crippen LogP contribution in [-0.4, -0.2) is 50.1 Å². The Hall–Kier alpha value is -0.920. The van der Waals surface area contributed by atoms with Crippen LogP contribution in [-0.2, 0) is 28.5 Å². The molecule has 6 nitrogen and oxygen atoms in total. The van der Waals surface area contributed by atoms with Crippen LogP contribution < -0.4 is 0 Å². The first-order chi connectivity index (χ1) is 16.0. The fourth-order valence-corrected chi connectivity index (χ4v) is 5.50. The van der Waals surface area contributed by atoms with Crippen LogP contribution in [0.25, 0.3) is 0 Å². The molecule has 4 aliphatic rings. The van der Waals surface area contributed by atoms with Crippen molar-refractivity contribution in [2.45, 2.75) is 103 Å². The quantitative estimate of drug-likeness (QED) is 0.320. The summed E-state index contributed by atoms with van der Waals surface area (Å²) >= 11 is 6.09. The summed E-state index contributed by atoms with van der Waals surface area (Å²) in [6.45, 7) is 5.58. The number of halogens is 1. The highest BCUT2D eigenvalue weighted by atomic mass is 35.5. The SMILES string of the molecule is C/C(Cl)=C\C[C@@H](C)[C@H](/C=C/[C@@H]1[C@H]2CC(=O)O[C@H]2C[C@H]1OC1CCCCO1)OC1CCCCO1. The number of allylic oxidation sites excluding steroid dienone is 2. The molecular weight excluding hydrogens is 444 g/mol. The largest absolute Gasteiger partial charge is 0.462 e. The predicted octanol–water partition coefficient (Wildman–Crippen LogP) is 5.49. The molecule has 0 spiro atoms. The first-order valence-electron chi connectivity index (χ1n) is 12.7. The Morgan fingerprint density at radius 2 is 1.88 bits per heavy atom. The van der Waals surface area contributed by atoms with E-state index in [4.69, 9.17) is 35.3 Å². The van der Waals surface area contributed by atoms with E-state index in [-0.39, 0.29) is 54.6 Å². The smallest absolute Gasteiger partial charge is 0.306 e. The summed E-state index contributed by atoms with van der Waals surface area (Å²) in [5.74, 6) is 0.382. The van der Waals surface area contributed by atoms with Gasteiger partial charge in [-0.1, -0.05) is 36.8 Å². The normalized spacial score (nSPS) is 37.2. The maximum Gasteiger partial charge on any atom is 0.306 e. The van der Waals surface area contributed by atoms with E-state index in [0.717, 1.165) is 69.6 Å². The molecule has 7 heteroatoms. The molecule has 0 bridgehead atoms. The Labute approximate surface area is 202 Å². The summed E-state index contributed by atoms with van der Waals surface area (Å²) < 4.78 is 30.1. The monoisotopic (exact) mass is 482 g/mol. The molecule has 1 saturated carbocycles. The second kappa shape index (κ2) is 12.2. The highest BCUT2D eigenvalue weighted by Gasteiger charge is 2.50. The minimum absolute atomic E-state index is 0.0145. The van der Waals surface area contributed by atoms with Gasteiger partial charge >= 0.3 is 5.97 Å². The van der Waals surface area contributed by atoms with Crippen LogP contribution in [0.1, 0.15) is 71.6 Å². The number of carbonyl (C=O) groups is 1. The maximum absolute atomic E-state index is 12.0. The zero-order chi connectivity index (χ0) is 23.2. The number of carbonyl (C=O) groups excluding carboxylic acids is 1. The lowest BCUT2D eigenvalue weighted by Gasteiger charge is -2.31. The van der Waals surface area contributed by atoms with E-state index >= 15 is 0 Å². The number of esters is 1. The molecule has 3 heterocycles. The molecule has 0 radical (unpaired) electrons. The van der Waals surface area contributed by atoms with Gasteiger partial charge in [0, 0.05) is 36.5 Å². The summed E-state index contributed by atoms with van der Waals surface area (Å²) in [5.41, 5.74) is 0. The van der Waals surface area contributed by atoms with Gasteiger partial charge in [0.2, 0.25) is 0 Å². The van der Waals surface area contributed by atoms with Gasteiger partial charge in [0.1, 0.15) is 6.10 Å². The van der Waals surface area contributed by atoms with Gasteiger partial charge in [-0.25, -0.2) is 0 Å². The van der Waals surface area contributed by atoms with Crippen molar-refractivity contribution in [3.63, 3.8) is 0 Å². The van der Waals surface area contributed by atoms with E-state index in [9.17, 15) is 4.79 Å². The van der Waals surface area contributed by atoms with Crippen LogP contribution in [0.2, 0.25) is 0 Å². The molecule has 3 aliphatic heterocycles. The van der Waals surface area contributed by atoms with Gasteiger partial charge in [0.25, 0.3) is 0 Å². The van der Waals surface area contributed by atoms with Gasteiger partial charge in [0.05, 0.1) is 18.6 Å². The average Bonchev–Trinajstić information content (AvgIpc) is 3.31. The second-order valence-corrected chi connectivity index (χ2v) is 10.6. The van der Waals surface area contributed by atoms with E-state index in [1.807, 2.05) is 13.0 Å². The second-order valence-electron chi connectivity index (χ2n) is 9.97. The van der Waals surface area contributed by atoms with Gasteiger partial charge in [-0.3, -0.25) is 4.79 Å². The molecule has 0 aromatic carbocycles. The van der Waals surface area contributed by atoms with Crippen molar-refractivity contribution in [1.29, 1.82) is 0 Å². The topological polar surface area (TPSA) is 63.2 Å². The van der Waals surface area contributed by atoms with Crippen LogP contribution in [0.5, 0.6) is 0 Å². The number of hydrogen-bond acceptors (Lipinski definition) is 6. The summed E-state index contributed by atoms with van der Waals surface area (Å²) in [5, 5.41) is 0.791. The number of ether oxygens (including phenoxy) is 5. The Morgan fingerprint density at radius 1 is 1.15 bits per heavy atom. The zero-order valence-corrected chi connectivity index (χ0v) is 20.7. The Balaban J connectivity index is 1.47. The molecule has 33 heavy (non-hydrogen) atoms. The molecule has 0 aromatic rings. The average molecular weight is 483 g/mol. The summed E-state index contributed by atoms with van der Waals surface area (Å²) in [7, 11) is 0. The van der Waals surface area contributed by atoms with Crippen LogP contribution in [0, 0.1) is 17.8 Å². The molecule has 186 valence electrons. The van der Waals surface area contributed by atoms with Crippen molar-refractivity contribution in [3.05, 3.63) is 23.3 Å². The number of fused-ring (bicyclic) bond motifs is 1. The van der Waals surface area contributed by atoms with Crippen LogP contribution >= 0.6 is 11.6 Å². The minimum atomic E-state index is -0.174. The lowest BCUT2D eigenvalue weighted by molar-refractivity contribution is -0.194. The minimum Gasteiger partial charge on any atom is -0.462 e. The predicted molar refractivity (Wildman–Crippen MR) is 126 cm³/mol. The number of rotatable bonds is 9. The molecule has 2 unspecified atom stereocenters. The fourth-order valence-electron chi connectivity index (χ4n) is 5.41. The van der Waals surface area contributed by atoms with Gasteiger partial charge in [-0.2, -0.15) is 0 Å². The van der Waals surface area contributed by atoms with Crippen molar-refractivity contribution >= 4 is 17.6 Å². The third-order valence-corrected chi connectivity index (χ3v) is 7.47. The van der Waals surface area contributed by atoms with Crippen molar-refractivity contribution in [2.24, 2.45) is 17.8 Å². The standard InChI is InChI=1S/C26H39ClO6/c1-17(9-10-18(2)27)21(32-25-7-3-5-13-29-25)12-11-19-20-15-24(28)31-23(20)16-22(19)33-26-8-4-6-14-30-26/h10-12,17,19-23,25-26H,3-9,13-16H2,1-2H3/b12-11+,18-10+/t17-,19-,20-,21+,22-,23+,25?,26?/m1/s1. The molecule has 4 rings (SSSR count). The molecule has 0 N–H and O–H groups in total. The summed E-state index contributed by atoms with van der Waals surface area (Å²) in [6, 6.07) is 0. The van der Waals surface area contributed by atoms with Crippen LogP contribution in [0.3, 0.4) is 0 Å². The Kier molecular flexibility index (Phi) is 9.28. The van der Waals surface area contributed by atoms with E-state index in [1.54, 1.807) is 0 Å². The molecule has 1 aliphatic carbocycles. The Morgan fingerprint density at radius 3 is 2.55 bits per heavy atom. The maximum atomic E-state index is 12.0. The van der Waals surface area contributed by atoms with Gasteiger partial charge in [-0.05, 0) is 57.8 Å². The van der Waals surface area contributed by atoms with Gasteiger partial charge in [-0.15, -0.1) is 0 Å². The molecule has 4 fully saturated rings. The van der Waals surface area contributed by atoms with E-state index in [1.165, 1.54) is 0 Å². The van der Waals surface area contributed by atoms with Crippen molar-refractivity contribution < 1.29 is 28.5 Å².